The number of aliphatic hydroxyl groups is 1. The summed E-state index contributed by atoms with van der Waals surface area (Å²) >= 11 is 0. The highest BCUT2D eigenvalue weighted by molar-refractivity contribution is 5.95. The van der Waals surface area contributed by atoms with Crippen molar-refractivity contribution in [3.05, 3.63) is 107 Å². The van der Waals surface area contributed by atoms with Gasteiger partial charge in [0.25, 0.3) is 5.91 Å². The SMILES string of the molecule is CC(=O)n1cc([C@H]2C=C(C(=O)N3CCN(Cc4ccc5c(c4)OCO5)CC3)O[C@@H](OCc3ccc(CO)cc3)C2)c2ccccc21. The van der Waals surface area contributed by atoms with Gasteiger partial charge >= 0.3 is 0 Å². The lowest BCUT2D eigenvalue weighted by Gasteiger charge is -2.36. The molecule has 1 aromatic heterocycles. The van der Waals surface area contributed by atoms with Crippen molar-refractivity contribution in [2.24, 2.45) is 0 Å². The standard InChI is InChI=1S/C36H37N3O7/c1-24(41)39-20-30(29-4-2-3-5-31(29)39)28-17-34(46-35(18-28)43-22-26-8-6-25(21-40)7-9-26)36(42)38-14-12-37(13-15-38)19-27-10-11-32-33(16-27)45-23-44-32/h2-11,16-17,20,28,35,40H,12-15,18-19,21-23H2,1H3/t28-,35+/m0/s1. The first-order chi connectivity index (χ1) is 22.4. The topological polar surface area (TPSA) is 103 Å². The van der Waals surface area contributed by atoms with Crippen LogP contribution in [0.3, 0.4) is 0 Å². The van der Waals surface area contributed by atoms with Gasteiger partial charge in [0.05, 0.1) is 18.7 Å². The number of fused-ring (bicyclic) bond motifs is 2. The Balaban J connectivity index is 1.08. The maximum atomic E-state index is 13.9. The summed E-state index contributed by atoms with van der Waals surface area (Å²) in [4.78, 5) is 30.6. The molecule has 0 radical (unpaired) electrons. The summed E-state index contributed by atoms with van der Waals surface area (Å²) in [5.41, 5.74) is 4.69. The predicted octanol–water partition coefficient (Wildman–Crippen LogP) is 4.80. The molecule has 3 aliphatic heterocycles. The second-order valence-electron chi connectivity index (χ2n) is 12.0. The zero-order chi connectivity index (χ0) is 31.6. The number of hydrogen-bond acceptors (Lipinski definition) is 8. The molecule has 0 unspecified atom stereocenters. The van der Waals surface area contributed by atoms with E-state index < -0.39 is 6.29 Å². The Labute approximate surface area is 267 Å². The van der Waals surface area contributed by atoms with Crippen molar-refractivity contribution < 1.29 is 33.6 Å². The van der Waals surface area contributed by atoms with E-state index in [2.05, 4.69) is 11.0 Å². The smallest absolute Gasteiger partial charge is 0.288 e. The first kappa shape index (κ1) is 30.0. The van der Waals surface area contributed by atoms with Gasteiger partial charge in [0.15, 0.2) is 17.3 Å². The molecular weight excluding hydrogens is 586 g/mol. The number of para-hydroxylation sites is 1. The number of hydrogen-bond donors (Lipinski definition) is 1. The van der Waals surface area contributed by atoms with E-state index in [9.17, 15) is 14.7 Å². The Hall–Kier alpha value is -4.64. The zero-order valence-electron chi connectivity index (χ0n) is 25.8. The lowest BCUT2D eigenvalue weighted by Crippen LogP contribution is -2.49. The monoisotopic (exact) mass is 623 g/mol. The van der Waals surface area contributed by atoms with E-state index in [1.807, 2.05) is 77.8 Å². The van der Waals surface area contributed by atoms with Gasteiger partial charge in [0.2, 0.25) is 19.0 Å². The summed E-state index contributed by atoms with van der Waals surface area (Å²) < 4.78 is 25.1. The molecule has 10 nitrogen and oxygen atoms in total. The Morgan fingerprint density at radius 2 is 1.65 bits per heavy atom. The molecule has 4 aromatic rings. The maximum Gasteiger partial charge on any atom is 0.288 e. The molecule has 2 atom stereocenters. The van der Waals surface area contributed by atoms with Crippen molar-refractivity contribution in [1.82, 2.24) is 14.4 Å². The van der Waals surface area contributed by atoms with Crippen LogP contribution in [0.1, 0.15) is 46.3 Å². The summed E-state index contributed by atoms with van der Waals surface area (Å²) in [6.07, 6.45) is 3.59. The highest BCUT2D eigenvalue weighted by atomic mass is 16.7. The first-order valence-corrected chi connectivity index (χ1v) is 15.6. The van der Waals surface area contributed by atoms with E-state index in [-0.39, 0.29) is 43.5 Å². The van der Waals surface area contributed by atoms with Crippen LogP contribution in [0.4, 0.5) is 0 Å². The molecule has 1 fully saturated rings. The van der Waals surface area contributed by atoms with Gasteiger partial charge in [0.1, 0.15) is 0 Å². The van der Waals surface area contributed by atoms with Crippen molar-refractivity contribution in [2.45, 2.75) is 45.3 Å². The van der Waals surface area contributed by atoms with Crippen molar-refractivity contribution in [1.29, 1.82) is 0 Å². The van der Waals surface area contributed by atoms with Crippen LogP contribution in [0.25, 0.3) is 10.9 Å². The van der Waals surface area contributed by atoms with Crippen LogP contribution in [0, 0.1) is 0 Å². The minimum atomic E-state index is -0.668. The van der Waals surface area contributed by atoms with E-state index in [1.54, 1.807) is 11.5 Å². The highest BCUT2D eigenvalue weighted by Crippen LogP contribution is 2.37. The fraction of sp³-hybridized carbons (Fsp3) is 0.333. The summed E-state index contributed by atoms with van der Waals surface area (Å²) in [5, 5.41) is 10.3. The Morgan fingerprint density at radius 3 is 2.43 bits per heavy atom. The Bertz CT molecular complexity index is 1770. The number of carbonyl (C=O) groups excluding carboxylic acids is 2. The summed E-state index contributed by atoms with van der Waals surface area (Å²) in [6.45, 7) is 5.42. The van der Waals surface area contributed by atoms with Gasteiger partial charge in [-0.1, -0.05) is 48.5 Å². The van der Waals surface area contributed by atoms with Crippen LogP contribution < -0.4 is 9.47 Å². The number of aliphatic hydroxyl groups excluding tert-OH is 1. The quantitative estimate of drug-likeness (QED) is 0.299. The van der Waals surface area contributed by atoms with Crippen LogP contribution in [0.2, 0.25) is 0 Å². The van der Waals surface area contributed by atoms with E-state index in [4.69, 9.17) is 18.9 Å². The number of aromatic nitrogens is 1. The Morgan fingerprint density at radius 1 is 0.913 bits per heavy atom. The van der Waals surface area contributed by atoms with Gasteiger partial charge in [-0.25, -0.2) is 0 Å². The number of benzene rings is 3. The van der Waals surface area contributed by atoms with Gasteiger partial charge in [-0.2, -0.15) is 0 Å². The maximum absolute atomic E-state index is 13.9. The third-order valence-electron chi connectivity index (χ3n) is 8.89. The molecule has 1 saturated heterocycles. The second kappa shape index (κ2) is 13.0. The van der Waals surface area contributed by atoms with Crippen molar-refractivity contribution in [2.75, 3.05) is 33.0 Å². The zero-order valence-corrected chi connectivity index (χ0v) is 25.8. The number of piperazine rings is 1. The number of rotatable bonds is 8. The molecule has 4 heterocycles. The number of ether oxygens (including phenoxy) is 4. The van der Waals surface area contributed by atoms with Crippen LogP contribution >= 0.6 is 0 Å². The van der Waals surface area contributed by atoms with E-state index >= 15 is 0 Å². The summed E-state index contributed by atoms with van der Waals surface area (Å²) in [5.74, 6) is 1.36. The fourth-order valence-corrected chi connectivity index (χ4v) is 6.38. The van der Waals surface area contributed by atoms with E-state index in [0.717, 1.165) is 64.3 Å². The number of amides is 1. The minimum Gasteiger partial charge on any atom is -0.459 e. The Kier molecular flexibility index (Phi) is 8.49. The molecule has 0 saturated carbocycles. The molecule has 10 heteroatoms. The third kappa shape index (κ3) is 6.24. The highest BCUT2D eigenvalue weighted by Gasteiger charge is 2.34. The molecule has 3 aliphatic rings. The normalized spacial score (nSPS) is 19.6. The summed E-state index contributed by atoms with van der Waals surface area (Å²) in [7, 11) is 0. The van der Waals surface area contributed by atoms with E-state index in [1.165, 1.54) is 0 Å². The molecule has 1 N–H and O–H groups in total. The van der Waals surface area contributed by atoms with Crippen LogP contribution in [0.15, 0.2) is 84.8 Å². The van der Waals surface area contributed by atoms with Crippen molar-refractivity contribution in [3.63, 3.8) is 0 Å². The lowest BCUT2D eigenvalue weighted by atomic mass is 9.92. The fourth-order valence-electron chi connectivity index (χ4n) is 6.38. The van der Waals surface area contributed by atoms with Crippen molar-refractivity contribution >= 4 is 22.7 Å². The lowest BCUT2D eigenvalue weighted by molar-refractivity contribution is -0.157. The molecule has 0 spiro atoms. The largest absolute Gasteiger partial charge is 0.459 e. The van der Waals surface area contributed by atoms with Crippen LogP contribution in [0.5, 0.6) is 11.5 Å². The van der Waals surface area contributed by atoms with Gasteiger partial charge < -0.3 is 29.0 Å². The summed E-state index contributed by atoms with van der Waals surface area (Å²) in [6, 6.07) is 21.4. The molecule has 238 valence electrons. The average molecular weight is 624 g/mol. The predicted molar refractivity (Wildman–Crippen MR) is 170 cm³/mol. The van der Waals surface area contributed by atoms with Crippen molar-refractivity contribution in [3.8, 4) is 11.5 Å². The number of nitrogens with zero attached hydrogens (tertiary/aromatic N) is 3. The molecule has 7 rings (SSSR count). The molecular formula is C36H37N3O7. The molecule has 1 amide bonds. The molecule has 46 heavy (non-hydrogen) atoms. The third-order valence-corrected chi connectivity index (χ3v) is 8.89. The van der Waals surface area contributed by atoms with Gasteiger partial charge in [-0.15, -0.1) is 0 Å². The second-order valence-corrected chi connectivity index (χ2v) is 12.0. The number of allylic oxidation sites excluding steroid dienone is 1. The van der Waals surface area contributed by atoms with Gasteiger partial charge in [-0.05, 0) is 46.5 Å². The van der Waals surface area contributed by atoms with Crippen LogP contribution in [-0.2, 0) is 34.0 Å². The first-order valence-electron chi connectivity index (χ1n) is 15.6. The van der Waals surface area contributed by atoms with Gasteiger partial charge in [-0.3, -0.25) is 19.1 Å². The average Bonchev–Trinajstić information content (AvgIpc) is 3.72. The van der Waals surface area contributed by atoms with E-state index in [0.29, 0.717) is 19.5 Å². The molecule has 0 bridgehead atoms. The number of carbonyl (C=O) groups is 2. The molecule has 3 aromatic carbocycles. The van der Waals surface area contributed by atoms with Gasteiger partial charge in [0, 0.05) is 63.6 Å². The van der Waals surface area contributed by atoms with Crippen LogP contribution in [-0.4, -0.2) is 70.5 Å². The minimum absolute atomic E-state index is 0.0225. The molecule has 0 aliphatic carbocycles.